The van der Waals surface area contributed by atoms with Crippen molar-refractivity contribution in [1.29, 1.82) is 0 Å². The number of para-hydroxylation sites is 2. The van der Waals surface area contributed by atoms with Crippen molar-refractivity contribution < 1.29 is 0 Å². The highest BCUT2D eigenvalue weighted by Crippen LogP contribution is 2.21. The molecule has 0 radical (unpaired) electrons. The second kappa shape index (κ2) is 6.10. The standard InChI is InChI=1S/C16H15BrN4/c1-12-8-13(6-7-14(12)17)9-19-15-4-2-3-5-16(15)21-11-18-10-20-21/h2-8,10-11,19H,9H2,1H3. The Bertz CT molecular complexity index is 738. The molecule has 0 saturated carbocycles. The highest BCUT2D eigenvalue weighted by molar-refractivity contribution is 9.10. The minimum Gasteiger partial charge on any atom is -0.379 e. The van der Waals surface area contributed by atoms with E-state index in [1.807, 2.05) is 24.3 Å². The lowest BCUT2D eigenvalue weighted by Gasteiger charge is -2.12. The van der Waals surface area contributed by atoms with Crippen molar-refractivity contribution in [2.75, 3.05) is 5.32 Å². The molecular weight excluding hydrogens is 328 g/mol. The molecule has 1 aromatic heterocycles. The smallest absolute Gasteiger partial charge is 0.138 e. The molecule has 0 spiro atoms. The largest absolute Gasteiger partial charge is 0.379 e. The Labute approximate surface area is 132 Å². The van der Waals surface area contributed by atoms with Crippen LogP contribution in [0.5, 0.6) is 0 Å². The van der Waals surface area contributed by atoms with E-state index in [1.165, 1.54) is 17.5 Å². The van der Waals surface area contributed by atoms with Gasteiger partial charge in [-0.1, -0.05) is 40.2 Å². The minimum atomic E-state index is 0.764. The molecule has 0 amide bonds. The zero-order valence-electron chi connectivity index (χ0n) is 11.6. The van der Waals surface area contributed by atoms with Crippen LogP contribution in [-0.2, 0) is 6.54 Å². The number of rotatable bonds is 4. The second-order valence-electron chi connectivity index (χ2n) is 4.79. The second-order valence-corrected chi connectivity index (χ2v) is 5.65. The summed E-state index contributed by atoms with van der Waals surface area (Å²) < 4.78 is 2.89. The molecule has 0 unspecified atom stereocenters. The van der Waals surface area contributed by atoms with E-state index in [-0.39, 0.29) is 0 Å². The Balaban J connectivity index is 1.81. The van der Waals surface area contributed by atoms with E-state index < -0.39 is 0 Å². The first-order valence-corrected chi connectivity index (χ1v) is 7.46. The average Bonchev–Trinajstić information content (AvgIpc) is 3.03. The number of aryl methyl sites for hydroxylation is 1. The van der Waals surface area contributed by atoms with Gasteiger partial charge in [0.05, 0.1) is 11.4 Å². The summed E-state index contributed by atoms with van der Waals surface area (Å²) in [6.07, 6.45) is 3.24. The predicted octanol–water partition coefficient (Wildman–Crippen LogP) is 3.95. The number of nitrogens with zero attached hydrogens (tertiary/aromatic N) is 3. The van der Waals surface area contributed by atoms with Crippen LogP contribution in [-0.4, -0.2) is 14.8 Å². The Morgan fingerprint density at radius 1 is 1.19 bits per heavy atom. The molecule has 0 aliphatic carbocycles. The van der Waals surface area contributed by atoms with Crippen molar-refractivity contribution in [3.63, 3.8) is 0 Å². The number of benzene rings is 2. The normalized spacial score (nSPS) is 10.6. The summed E-state index contributed by atoms with van der Waals surface area (Å²) in [4.78, 5) is 4.00. The summed E-state index contributed by atoms with van der Waals surface area (Å²) in [7, 11) is 0. The number of hydrogen-bond donors (Lipinski definition) is 1. The van der Waals surface area contributed by atoms with Gasteiger partial charge in [-0.25, -0.2) is 9.67 Å². The third kappa shape index (κ3) is 3.13. The Kier molecular flexibility index (Phi) is 4.01. The molecule has 0 aliphatic rings. The predicted molar refractivity (Wildman–Crippen MR) is 87.6 cm³/mol. The topological polar surface area (TPSA) is 42.7 Å². The lowest BCUT2D eigenvalue weighted by Crippen LogP contribution is -2.05. The molecule has 3 aromatic rings. The summed E-state index contributed by atoms with van der Waals surface area (Å²) in [5, 5.41) is 7.65. The van der Waals surface area contributed by atoms with Crippen LogP contribution < -0.4 is 5.32 Å². The van der Waals surface area contributed by atoms with Crippen LogP contribution in [0.2, 0.25) is 0 Å². The highest BCUT2D eigenvalue weighted by atomic mass is 79.9. The van der Waals surface area contributed by atoms with Gasteiger partial charge in [0.2, 0.25) is 0 Å². The van der Waals surface area contributed by atoms with Crippen LogP contribution in [0.15, 0.2) is 59.6 Å². The lowest BCUT2D eigenvalue weighted by molar-refractivity contribution is 0.878. The van der Waals surface area contributed by atoms with E-state index in [4.69, 9.17) is 0 Å². The van der Waals surface area contributed by atoms with E-state index in [1.54, 1.807) is 11.0 Å². The summed E-state index contributed by atoms with van der Waals surface area (Å²) in [5.74, 6) is 0. The molecule has 0 atom stereocenters. The molecule has 1 heterocycles. The maximum absolute atomic E-state index is 4.19. The number of halogens is 1. The van der Waals surface area contributed by atoms with E-state index >= 15 is 0 Å². The number of nitrogens with one attached hydrogen (secondary N) is 1. The van der Waals surface area contributed by atoms with Crippen LogP contribution in [0.25, 0.3) is 5.69 Å². The van der Waals surface area contributed by atoms with Gasteiger partial charge in [0.25, 0.3) is 0 Å². The highest BCUT2D eigenvalue weighted by Gasteiger charge is 2.04. The molecule has 1 N–H and O–H groups in total. The summed E-state index contributed by atoms with van der Waals surface area (Å²) in [5.41, 5.74) is 4.50. The number of hydrogen-bond acceptors (Lipinski definition) is 3. The number of anilines is 1. The van der Waals surface area contributed by atoms with Gasteiger partial charge in [0.1, 0.15) is 12.7 Å². The minimum absolute atomic E-state index is 0.764. The van der Waals surface area contributed by atoms with Crippen LogP contribution in [0, 0.1) is 6.92 Å². The monoisotopic (exact) mass is 342 g/mol. The molecule has 21 heavy (non-hydrogen) atoms. The maximum Gasteiger partial charge on any atom is 0.138 e. The maximum atomic E-state index is 4.19. The fraction of sp³-hybridized carbons (Fsp3) is 0.125. The van der Waals surface area contributed by atoms with Gasteiger partial charge >= 0.3 is 0 Å². The van der Waals surface area contributed by atoms with Gasteiger partial charge in [0.15, 0.2) is 0 Å². The zero-order valence-corrected chi connectivity index (χ0v) is 13.2. The molecule has 0 fully saturated rings. The Morgan fingerprint density at radius 3 is 2.81 bits per heavy atom. The van der Waals surface area contributed by atoms with E-state index in [9.17, 15) is 0 Å². The first-order chi connectivity index (χ1) is 10.2. The average molecular weight is 343 g/mol. The van der Waals surface area contributed by atoms with Crippen LogP contribution in [0.4, 0.5) is 5.69 Å². The quantitative estimate of drug-likeness (QED) is 0.780. The van der Waals surface area contributed by atoms with Crippen molar-refractivity contribution in [2.24, 2.45) is 0 Å². The Morgan fingerprint density at radius 2 is 2.05 bits per heavy atom. The van der Waals surface area contributed by atoms with Gasteiger partial charge in [-0.3, -0.25) is 0 Å². The van der Waals surface area contributed by atoms with E-state index in [0.29, 0.717) is 0 Å². The van der Waals surface area contributed by atoms with Gasteiger partial charge in [-0.15, -0.1) is 0 Å². The van der Waals surface area contributed by atoms with Crippen molar-refractivity contribution in [3.8, 4) is 5.69 Å². The van der Waals surface area contributed by atoms with Crippen molar-refractivity contribution in [3.05, 3.63) is 70.7 Å². The first kappa shape index (κ1) is 13.8. The third-order valence-electron chi connectivity index (χ3n) is 3.27. The molecule has 5 heteroatoms. The van der Waals surface area contributed by atoms with Crippen LogP contribution in [0.1, 0.15) is 11.1 Å². The summed E-state index contributed by atoms with van der Waals surface area (Å²) in [6, 6.07) is 14.4. The fourth-order valence-corrected chi connectivity index (χ4v) is 2.42. The van der Waals surface area contributed by atoms with Crippen molar-refractivity contribution in [1.82, 2.24) is 14.8 Å². The van der Waals surface area contributed by atoms with Gasteiger partial charge in [-0.05, 0) is 36.2 Å². The van der Waals surface area contributed by atoms with Crippen molar-refractivity contribution >= 4 is 21.6 Å². The number of aromatic nitrogens is 3. The SMILES string of the molecule is Cc1cc(CNc2ccccc2-n2cncn2)ccc1Br. The molecule has 0 aliphatic heterocycles. The molecule has 106 valence electrons. The van der Waals surface area contributed by atoms with Crippen LogP contribution in [0.3, 0.4) is 0 Å². The molecule has 3 rings (SSSR count). The van der Waals surface area contributed by atoms with E-state index in [2.05, 4.69) is 56.5 Å². The van der Waals surface area contributed by atoms with E-state index in [0.717, 1.165) is 22.4 Å². The van der Waals surface area contributed by atoms with Crippen LogP contribution >= 0.6 is 15.9 Å². The van der Waals surface area contributed by atoms with Gasteiger partial charge in [0, 0.05) is 11.0 Å². The molecule has 2 aromatic carbocycles. The van der Waals surface area contributed by atoms with Gasteiger partial charge in [-0.2, -0.15) is 5.10 Å². The first-order valence-electron chi connectivity index (χ1n) is 6.67. The third-order valence-corrected chi connectivity index (χ3v) is 4.16. The van der Waals surface area contributed by atoms with Gasteiger partial charge < -0.3 is 5.32 Å². The fourth-order valence-electron chi connectivity index (χ4n) is 2.17. The Hall–Kier alpha value is -2.14. The summed E-state index contributed by atoms with van der Waals surface area (Å²) in [6.45, 7) is 2.86. The molecular formula is C16H15BrN4. The zero-order chi connectivity index (χ0) is 14.7. The summed E-state index contributed by atoms with van der Waals surface area (Å²) >= 11 is 3.52. The molecule has 0 bridgehead atoms. The molecule has 4 nitrogen and oxygen atoms in total. The van der Waals surface area contributed by atoms with Crippen molar-refractivity contribution in [2.45, 2.75) is 13.5 Å². The molecule has 0 saturated heterocycles. The lowest BCUT2D eigenvalue weighted by atomic mass is 10.1.